The van der Waals surface area contributed by atoms with Gasteiger partial charge in [-0.1, -0.05) is 0 Å². The van der Waals surface area contributed by atoms with Gasteiger partial charge in [0, 0.05) is 18.8 Å². The molecule has 3 heterocycles. The largest absolute Gasteiger partial charge is 0.350 e. The Labute approximate surface area is 117 Å². The molecule has 0 aliphatic carbocycles. The van der Waals surface area contributed by atoms with Crippen LogP contribution in [0.4, 0.5) is 5.82 Å². The second-order valence-electron chi connectivity index (χ2n) is 5.07. The van der Waals surface area contributed by atoms with Crippen molar-refractivity contribution in [1.29, 1.82) is 0 Å². The van der Waals surface area contributed by atoms with Crippen molar-refractivity contribution in [3.63, 3.8) is 0 Å². The van der Waals surface area contributed by atoms with Gasteiger partial charge in [-0.05, 0) is 38.0 Å². The van der Waals surface area contributed by atoms with Crippen LogP contribution in [0.15, 0.2) is 35.3 Å². The lowest BCUT2D eigenvalue weighted by Gasteiger charge is -2.25. The summed E-state index contributed by atoms with van der Waals surface area (Å²) in [6.07, 6.45) is 3.78. The molecule has 1 atom stereocenters. The minimum Gasteiger partial charge on any atom is -0.350 e. The van der Waals surface area contributed by atoms with E-state index in [4.69, 9.17) is 0 Å². The number of hydrogen-bond donors (Lipinski definition) is 0. The van der Waals surface area contributed by atoms with E-state index in [0.29, 0.717) is 6.54 Å². The second kappa shape index (κ2) is 5.40. The van der Waals surface area contributed by atoms with Crippen molar-refractivity contribution in [3.05, 3.63) is 46.5 Å². The SMILES string of the molecule is Cc1ccc(N2CCCC2Cn2ncccc2=O)nn1. The van der Waals surface area contributed by atoms with Gasteiger partial charge in [-0.2, -0.15) is 10.2 Å². The van der Waals surface area contributed by atoms with Crippen molar-refractivity contribution >= 4 is 5.82 Å². The van der Waals surface area contributed by atoms with Gasteiger partial charge in [0.05, 0.1) is 18.3 Å². The zero-order valence-electron chi connectivity index (χ0n) is 11.4. The number of anilines is 1. The maximum absolute atomic E-state index is 11.7. The first-order valence-corrected chi connectivity index (χ1v) is 6.83. The minimum atomic E-state index is -0.0608. The Hall–Kier alpha value is -2.24. The Kier molecular flexibility index (Phi) is 3.45. The van der Waals surface area contributed by atoms with Gasteiger partial charge in [-0.25, -0.2) is 4.68 Å². The van der Waals surface area contributed by atoms with E-state index in [-0.39, 0.29) is 11.6 Å². The first kappa shape index (κ1) is 12.8. The number of aromatic nitrogens is 4. The molecule has 20 heavy (non-hydrogen) atoms. The predicted octanol–water partition coefficient (Wildman–Crippen LogP) is 1.01. The van der Waals surface area contributed by atoms with E-state index in [1.165, 1.54) is 10.7 Å². The van der Waals surface area contributed by atoms with E-state index in [1.807, 2.05) is 19.1 Å². The molecule has 2 aromatic rings. The fourth-order valence-electron chi connectivity index (χ4n) is 2.60. The van der Waals surface area contributed by atoms with Crippen LogP contribution >= 0.6 is 0 Å². The quantitative estimate of drug-likeness (QED) is 0.833. The van der Waals surface area contributed by atoms with Crippen LogP contribution in [0.1, 0.15) is 18.5 Å². The van der Waals surface area contributed by atoms with Crippen LogP contribution in [0.25, 0.3) is 0 Å². The zero-order valence-corrected chi connectivity index (χ0v) is 11.4. The van der Waals surface area contributed by atoms with Gasteiger partial charge in [0.1, 0.15) is 0 Å². The van der Waals surface area contributed by atoms with Crippen LogP contribution < -0.4 is 10.5 Å². The number of hydrogen-bond acceptors (Lipinski definition) is 5. The highest BCUT2D eigenvalue weighted by molar-refractivity contribution is 5.39. The third-order valence-electron chi connectivity index (χ3n) is 3.62. The van der Waals surface area contributed by atoms with Gasteiger partial charge in [0.2, 0.25) is 0 Å². The molecule has 1 aliphatic rings. The van der Waals surface area contributed by atoms with Gasteiger partial charge < -0.3 is 4.90 Å². The minimum absolute atomic E-state index is 0.0608. The van der Waals surface area contributed by atoms with Crippen LogP contribution in [0.5, 0.6) is 0 Å². The van der Waals surface area contributed by atoms with Crippen LogP contribution in [0.3, 0.4) is 0 Å². The molecule has 0 radical (unpaired) electrons. The highest BCUT2D eigenvalue weighted by atomic mass is 16.1. The van der Waals surface area contributed by atoms with E-state index in [2.05, 4.69) is 20.2 Å². The summed E-state index contributed by atoms with van der Waals surface area (Å²) in [5.74, 6) is 0.877. The fourth-order valence-corrected chi connectivity index (χ4v) is 2.60. The van der Waals surface area contributed by atoms with Gasteiger partial charge in [0.15, 0.2) is 5.82 Å². The summed E-state index contributed by atoms with van der Waals surface area (Å²) in [6, 6.07) is 7.40. The molecule has 0 spiro atoms. The lowest BCUT2D eigenvalue weighted by molar-refractivity contribution is 0.486. The Balaban J connectivity index is 1.81. The topological polar surface area (TPSA) is 63.9 Å². The van der Waals surface area contributed by atoms with E-state index in [1.54, 1.807) is 12.3 Å². The average Bonchev–Trinajstić information content (AvgIpc) is 2.90. The first-order chi connectivity index (χ1) is 9.74. The van der Waals surface area contributed by atoms with Gasteiger partial charge in [-0.15, -0.1) is 5.10 Å². The average molecular weight is 271 g/mol. The number of aryl methyl sites for hydroxylation is 1. The Morgan fingerprint density at radius 3 is 2.95 bits per heavy atom. The van der Waals surface area contributed by atoms with Crippen molar-refractivity contribution < 1.29 is 0 Å². The molecule has 0 aromatic carbocycles. The van der Waals surface area contributed by atoms with Gasteiger partial charge in [-0.3, -0.25) is 4.79 Å². The van der Waals surface area contributed by atoms with E-state index in [0.717, 1.165) is 30.9 Å². The van der Waals surface area contributed by atoms with Crippen LogP contribution in [0, 0.1) is 6.92 Å². The normalized spacial score (nSPS) is 18.4. The summed E-state index contributed by atoms with van der Waals surface area (Å²) in [5, 5.41) is 12.5. The number of rotatable bonds is 3. The van der Waals surface area contributed by atoms with Gasteiger partial charge in [0.25, 0.3) is 5.56 Å². The van der Waals surface area contributed by atoms with Crippen LogP contribution in [-0.2, 0) is 6.54 Å². The third-order valence-corrected chi connectivity index (χ3v) is 3.62. The van der Waals surface area contributed by atoms with Crippen molar-refractivity contribution in [2.24, 2.45) is 0 Å². The molecule has 0 N–H and O–H groups in total. The molecule has 3 rings (SSSR count). The fraction of sp³-hybridized carbons (Fsp3) is 0.429. The maximum atomic E-state index is 11.7. The summed E-state index contributed by atoms with van der Waals surface area (Å²) in [5.41, 5.74) is 0.847. The summed E-state index contributed by atoms with van der Waals surface area (Å²) in [4.78, 5) is 14.0. The molecule has 0 bridgehead atoms. The highest BCUT2D eigenvalue weighted by Gasteiger charge is 2.26. The summed E-state index contributed by atoms with van der Waals surface area (Å²) in [6.45, 7) is 3.46. The lowest BCUT2D eigenvalue weighted by Crippen LogP contribution is -2.37. The van der Waals surface area contributed by atoms with Crippen molar-refractivity contribution in [2.75, 3.05) is 11.4 Å². The molecule has 1 aliphatic heterocycles. The molecule has 0 saturated carbocycles. The first-order valence-electron chi connectivity index (χ1n) is 6.83. The van der Waals surface area contributed by atoms with Crippen molar-refractivity contribution in [2.45, 2.75) is 32.4 Å². The summed E-state index contributed by atoms with van der Waals surface area (Å²) < 4.78 is 1.52. The lowest BCUT2D eigenvalue weighted by atomic mass is 10.2. The van der Waals surface area contributed by atoms with E-state index < -0.39 is 0 Å². The molecule has 1 saturated heterocycles. The molecule has 6 nitrogen and oxygen atoms in total. The van der Waals surface area contributed by atoms with Crippen molar-refractivity contribution in [3.8, 4) is 0 Å². The molecule has 1 unspecified atom stereocenters. The van der Waals surface area contributed by atoms with E-state index in [9.17, 15) is 4.79 Å². The molecular weight excluding hydrogens is 254 g/mol. The molecular formula is C14H17N5O. The highest BCUT2D eigenvalue weighted by Crippen LogP contribution is 2.23. The molecule has 104 valence electrons. The van der Waals surface area contributed by atoms with E-state index >= 15 is 0 Å². The predicted molar refractivity (Wildman–Crippen MR) is 75.6 cm³/mol. The molecule has 6 heteroatoms. The Morgan fingerprint density at radius 1 is 1.30 bits per heavy atom. The van der Waals surface area contributed by atoms with Gasteiger partial charge >= 0.3 is 0 Å². The van der Waals surface area contributed by atoms with Crippen LogP contribution in [-0.4, -0.2) is 32.6 Å². The molecule has 0 amide bonds. The second-order valence-corrected chi connectivity index (χ2v) is 5.07. The maximum Gasteiger partial charge on any atom is 0.266 e. The Bertz CT molecular complexity index is 637. The molecule has 1 fully saturated rings. The Morgan fingerprint density at radius 2 is 2.20 bits per heavy atom. The van der Waals surface area contributed by atoms with Crippen LogP contribution in [0.2, 0.25) is 0 Å². The monoisotopic (exact) mass is 271 g/mol. The third kappa shape index (κ3) is 2.54. The number of nitrogens with zero attached hydrogens (tertiary/aromatic N) is 5. The summed E-state index contributed by atoms with van der Waals surface area (Å²) >= 11 is 0. The zero-order chi connectivity index (χ0) is 13.9. The summed E-state index contributed by atoms with van der Waals surface area (Å²) in [7, 11) is 0. The molecule has 2 aromatic heterocycles. The van der Waals surface area contributed by atoms with Crippen molar-refractivity contribution in [1.82, 2.24) is 20.0 Å². The smallest absolute Gasteiger partial charge is 0.266 e. The standard InChI is InChI=1S/C14H17N5O/c1-11-6-7-13(17-16-11)18-9-3-4-12(18)10-19-14(20)5-2-8-15-19/h2,5-8,12H,3-4,9-10H2,1H3.